The van der Waals surface area contributed by atoms with Crippen LogP contribution in [0.5, 0.6) is 0 Å². The van der Waals surface area contributed by atoms with Gasteiger partial charge in [0.1, 0.15) is 0 Å². The van der Waals surface area contributed by atoms with Gasteiger partial charge in [-0.25, -0.2) is 4.98 Å². The van der Waals surface area contributed by atoms with E-state index in [-0.39, 0.29) is 0 Å². The molecule has 19 heavy (non-hydrogen) atoms. The number of imidazole rings is 1. The number of rotatable bonds is 4. The fourth-order valence-corrected chi connectivity index (χ4v) is 4.05. The van der Waals surface area contributed by atoms with Crippen molar-refractivity contribution in [3.8, 4) is 0 Å². The maximum atomic E-state index is 4.61. The molecule has 3 heterocycles. The Labute approximate surface area is 120 Å². The van der Waals surface area contributed by atoms with E-state index in [2.05, 4.69) is 53.0 Å². The number of nitrogens with one attached hydrogen (secondary N) is 1. The SMILES string of the molecule is Cc1ccc(CNCc2c(C)nc3scc(C)n23)s1. The number of thiazole rings is 1. The zero-order valence-electron chi connectivity index (χ0n) is 11.4. The highest BCUT2D eigenvalue weighted by molar-refractivity contribution is 7.15. The van der Waals surface area contributed by atoms with Gasteiger partial charge in [0, 0.05) is 33.9 Å². The van der Waals surface area contributed by atoms with Gasteiger partial charge in [0.05, 0.1) is 11.4 Å². The summed E-state index contributed by atoms with van der Waals surface area (Å²) in [5.41, 5.74) is 3.68. The Balaban J connectivity index is 1.74. The molecule has 100 valence electrons. The summed E-state index contributed by atoms with van der Waals surface area (Å²) in [7, 11) is 0. The van der Waals surface area contributed by atoms with Crippen molar-refractivity contribution in [2.24, 2.45) is 0 Å². The van der Waals surface area contributed by atoms with Gasteiger partial charge in [-0.3, -0.25) is 4.40 Å². The lowest BCUT2D eigenvalue weighted by atomic mass is 10.3. The van der Waals surface area contributed by atoms with Crippen LogP contribution in [0, 0.1) is 20.8 Å². The maximum absolute atomic E-state index is 4.61. The molecule has 5 heteroatoms. The predicted molar refractivity (Wildman–Crippen MR) is 82.1 cm³/mol. The van der Waals surface area contributed by atoms with E-state index in [9.17, 15) is 0 Å². The van der Waals surface area contributed by atoms with Gasteiger partial charge < -0.3 is 5.32 Å². The zero-order valence-corrected chi connectivity index (χ0v) is 13.0. The first-order valence-electron chi connectivity index (χ1n) is 6.33. The molecule has 0 fully saturated rings. The van der Waals surface area contributed by atoms with Crippen molar-refractivity contribution in [3.05, 3.63) is 44.3 Å². The van der Waals surface area contributed by atoms with Crippen molar-refractivity contribution >= 4 is 27.6 Å². The summed E-state index contributed by atoms with van der Waals surface area (Å²) in [6.45, 7) is 8.16. The summed E-state index contributed by atoms with van der Waals surface area (Å²) in [5, 5.41) is 5.68. The molecule has 0 unspecified atom stereocenters. The first kappa shape index (κ1) is 12.8. The van der Waals surface area contributed by atoms with Crippen LogP contribution in [-0.2, 0) is 13.1 Å². The fourth-order valence-electron chi connectivity index (χ4n) is 2.26. The minimum absolute atomic E-state index is 0.863. The topological polar surface area (TPSA) is 29.3 Å². The van der Waals surface area contributed by atoms with Crippen LogP contribution in [0.2, 0.25) is 0 Å². The van der Waals surface area contributed by atoms with Gasteiger partial charge in [0.25, 0.3) is 0 Å². The van der Waals surface area contributed by atoms with Crippen LogP contribution in [0.15, 0.2) is 17.5 Å². The van der Waals surface area contributed by atoms with E-state index in [1.807, 2.05) is 11.3 Å². The molecule has 0 spiro atoms. The van der Waals surface area contributed by atoms with Gasteiger partial charge in [0.2, 0.25) is 0 Å². The van der Waals surface area contributed by atoms with Gasteiger partial charge in [-0.2, -0.15) is 0 Å². The van der Waals surface area contributed by atoms with E-state index in [1.165, 1.54) is 21.1 Å². The summed E-state index contributed by atoms with van der Waals surface area (Å²) in [4.78, 5) is 8.46. The maximum Gasteiger partial charge on any atom is 0.194 e. The standard InChI is InChI=1S/C14H17N3S2/c1-9-8-18-14-16-11(3)13(17(9)14)7-15-6-12-5-4-10(2)19-12/h4-5,8,15H,6-7H2,1-3H3. The van der Waals surface area contributed by atoms with Crippen molar-refractivity contribution in [1.29, 1.82) is 0 Å². The van der Waals surface area contributed by atoms with Crippen LogP contribution >= 0.6 is 22.7 Å². The van der Waals surface area contributed by atoms with Gasteiger partial charge in [-0.1, -0.05) is 0 Å². The molecule has 0 saturated carbocycles. The second-order valence-electron chi connectivity index (χ2n) is 4.75. The summed E-state index contributed by atoms with van der Waals surface area (Å²) in [6.07, 6.45) is 0. The van der Waals surface area contributed by atoms with Crippen molar-refractivity contribution < 1.29 is 0 Å². The second-order valence-corrected chi connectivity index (χ2v) is 6.96. The number of aromatic nitrogens is 2. The lowest BCUT2D eigenvalue weighted by molar-refractivity contribution is 0.677. The number of thiophene rings is 1. The molecule has 0 aliphatic rings. The van der Waals surface area contributed by atoms with Crippen LogP contribution in [0.3, 0.4) is 0 Å². The smallest absolute Gasteiger partial charge is 0.194 e. The highest BCUT2D eigenvalue weighted by Gasteiger charge is 2.11. The summed E-state index contributed by atoms with van der Waals surface area (Å²) < 4.78 is 2.26. The van der Waals surface area contributed by atoms with Gasteiger partial charge >= 0.3 is 0 Å². The largest absolute Gasteiger partial charge is 0.306 e. The molecule has 3 nitrogen and oxygen atoms in total. The first-order valence-corrected chi connectivity index (χ1v) is 8.03. The Morgan fingerprint density at radius 3 is 2.79 bits per heavy atom. The molecule has 0 bridgehead atoms. The third-order valence-electron chi connectivity index (χ3n) is 3.22. The summed E-state index contributed by atoms with van der Waals surface area (Å²) >= 11 is 3.56. The van der Waals surface area contributed by atoms with Crippen LogP contribution in [-0.4, -0.2) is 9.38 Å². The van der Waals surface area contributed by atoms with Crippen molar-refractivity contribution in [1.82, 2.24) is 14.7 Å². The molecule has 0 atom stereocenters. The minimum Gasteiger partial charge on any atom is -0.306 e. The molecule has 1 N–H and O–H groups in total. The summed E-state index contributed by atoms with van der Waals surface area (Å²) in [5.74, 6) is 0. The Kier molecular flexibility index (Phi) is 3.43. The number of hydrogen-bond acceptors (Lipinski definition) is 4. The van der Waals surface area contributed by atoms with Crippen LogP contribution < -0.4 is 5.32 Å². The second kappa shape index (κ2) is 5.07. The highest BCUT2D eigenvalue weighted by atomic mass is 32.1. The molecule has 0 saturated heterocycles. The first-order chi connectivity index (χ1) is 9.15. The summed E-state index contributed by atoms with van der Waals surface area (Å²) in [6, 6.07) is 4.37. The molecule has 3 aromatic rings. The van der Waals surface area contributed by atoms with Crippen molar-refractivity contribution in [3.63, 3.8) is 0 Å². The van der Waals surface area contributed by atoms with Crippen molar-refractivity contribution in [2.45, 2.75) is 33.9 Å². The van der Waals surface area contributed by atoms with Crippen molar-refractivity contribution in [2.75, 3.05) is 0 Å². The number of nitrogens with zero attached hydrogens (tertiary/aromatic N) is 2. The van der Waals surface area contributed by atoms with E-state index in [1.54, 1.807) is 11.3 Å². The van der Waals surface area contributed by atoms with Crippen LogP contribution in [0.4, 0.5) is 0 Å². The third-order valence-corrected chi connectivity index (χ3v) is 5.16. The Morgan fingerprint density at radius 2 is 2.05 bits per heavy atom. The van der Waals surface area contributed by atoms with E-state index in [0.717, 1.165) is 23.7 Å². The molecule has 0 aliphatic carbocycles. The number of hydrogen-bond donors (Lipinski definition) is 1. The van der Waals surface area contributed by atoms with Gasteiger partial charge in [-0.05, 0) is 32.9 Å². The lowest BCUT2D eigenvalue weighted by Crippen LogP contribution is -2.14. The van der Waals surface area contributed by atoms with Crippen LogP contribution in [0.1, 0.15) is 26.8 Å². The van der Waals surface area contributed by atoms with E-state index in [0.29, 0.717) is 0 Å². The average molecular weight is 291 g/mol. The average Bonchev–Trinajstić information content (AvgIpc) is 3.01. The predicted octanol–water partition coefficient (Wildman–Crippen LogP) is 3.67. The Hall–Kier alpha value is -1.17. The fraction of sp³-hybridized carbons (Fsp3) is 0.357. The molecule has 3 rings (SSSR count). The normalized spacial score (nSPS) is 11.5. The minimum atomic E-state index is 0.863. The molecule has 0 aliphatic heterocycles. The monoisotopic (exact) mass is 291 g/mol. The quantitative estimate of drug-likeness (QED) is 0.794. The van der Waals surface area contributed by atoms with Crippen LogP contribution in [0.25, 0.3) is 4.96 Å². The molecule has 3 aromatic heterocycles. The third kappa shape index (κ3) is 2.45. The molecular weight excluding hydrogens is 274 g/mol. The van der Waals surface area contributed by atoms with E-state index < -0.39 is 0 Å². The molecule has 0 aromatic carbocycles. The number of aryl methyl sites for hydroxylation is 3. The van der Waals surface area contributed by atoms with Gasteiger partial charge in [-0.15, -0.1) is 22.7 Å². The van der Waals surface area contributed by atoms with E-state index in [4.69, 9.17) is 0 Å². The molecular formula is C14H17N3S2. The van der Waals surface area contributed by atoms with Gasteiger partial charge in [0.15, 0.2) is 4.96 Å². The lowest BCUT2D eigenvalue weighted by Gasteiger charge is -2.05. The zero-order chi connectivity index (χ0) is 13.4. The molecule has 0 amide bonds. The highest BCUT2D eigenvalue weighted by Crippen LogP contribution is 2.20. The number of fused-ring (bicyclic) bond motifs is 1. The molecule has 0 radical (unpaired) electrons. The Bertz CT molecular complexity index is 705. The Morgan fingerprint density at radius 1 is 1.21 bits per heavy atom. The van der Waals surface area contributed by atoms with E-state index >= 15 is 0 Å².